The smallest absolute Gasteiger partial charge is 0.238 e. The van der Waals surface area contributed by atoms with Gasteiger partial charge < -0.3 is 10.1 Å². The zero-order chi connectivity index (χ0) is 19.2. The Morgan fingerprint density at radius 3 is 2.46 bits per heavy atom. The number of rotatable bonds is 9. The number of nitrogens with one attached hydrogen (secondary N) is 1. The summed E-state index contributed by atoms with van der Waals surface area (Å²) in [5.74, 6) is 0.655. The molecule has 0 aliphatic rings. The van der Waals surface area contributed by atoms with E-state index in [1.165, 1.54) is 12.1 Å². The van der Waals surface area contributed by atoms with Gasteiger partial charge in [-0.15, -0.1) is 0 Å². The lowest BCUT2D eigenvalue weighted by Crippen LogP contribution is -2.18. The summed E-state index contributed by atoms with van der Waals surface area (Å²) < 4.78 is 28.2. The van der Waals surface area contributed by atoms with Crippen LogP contribution in [-0.4, -0.2) is 21.6 Å². The Morgan fingerprint density at radius 2 is 1.85 bits per heavy atom. The van der Waals surface area contributed by atoms with Gasteiger partial charge in [0.1, 0.15) is 5.75 Å². The predicted molar refractivity (Wildman–Crippen MR) is 105 cm³/mol. The quantitative estimate of drug-likeness (QED) is 0.609. The molecular weight excluding hydrogens is 395 g/mol. The average Bonchev–Trinajstić information content (AvgIpc) is 2.57. The van der Waals surface area contributed by atoms with Crippen molar-refractivity contribution in [3.8, 4) is 5.75 Å². The lowest BCUT2D eigenvalue weighted by molar-refractivity contribution is 0.313. The number of hydrogen-bond donors (Lipinski definition) is 2. The van der Waals surface area contributed by atoms with Crippen LogP contribution < -0.4 is 15.2 Å². The van der Waals surface area contributed by atoms with E-state index < -0.39 is 10.0 Å². The summed E-state index contributed by atoms with van der Waals surface area (Å²) >= 11 is 12.3. The maximum absolute atomic E-state index is 11.3. The molecule has 0 fully saturated rings. The fraction of sp³-hybridized carbons (Fsp3) is 0.333. The average molecular weight is 417 g/mol. The van der Waals surface area contributed by atoms with Crippen LogP contribution in [-0.2, 0) is 23.0 Å². The lowest BCUT2D eigenvalue weighted by atomic mass is 10.1. The van der Waals surface area contributed by atoms with Crippen molar-refractivity contribution >= 4 is 33.2 Å². The van der Waals surface area contributed by atoms with Crippen LogP contribution in [0.2, 0.25) is 10.0 Å². The summed E-state index contributed by atoms with van der Waals surface area (Å²) in [6.07, 6.45) is 1.63. The van der Waals surface area contributed by atoms with Crippen LogP contribution >= 0.6 is 23.2 Å². The molecule has 26 heavy (non-hydrogen) atoms. The minimum atomic E-state index is -3.66. The van der Waals surface area contributed by atoms with Gasteiger partial charge in [-0.3, -0.25) is 0 Å². The number of nitrogens with two attached hydrogens (primary N) is 1. The Bertz CT molecular complexity index is 840. The number of sulfonamides is 1. The summed E-state index contributed by atoms with van der Waals surface area (Å²) in [7, 11) is -3.66. The Balaban J connectivity index is 1.93. The Kier molecular flexibility index (Phi) is 7.73. The third-order valence-corrected chi connectivity index (χ3v) is 5.12. The zero-order valence-electron chi connectivity index (χ0n) is 14.5. The first kappa shape index (κ1) is 21.0. The highest BCUT2D eigenvalue weighted by Gasteiger charge is 2.11. The van der Waals surface area contributed by atoms with Gasteiger partial charge in [0.2, 0.25) is 10.0 Å². The van der Waals surface area contributed by atoms with E-state index in [4.69, 9.17) is 33.1 Å². The molecule has 0 aromatic heterocycles. The first-order chi connectivity index (χ1) is 12.3. The predicted octanol–water partition coefficient (Wildman–Crippen LogP) is 3.76. The molecule has 0 aliphatic heterocycles. The van der Waals surface area contributed by atoms with Crippen molar-refractivity contribution < 1.29 is 13.2 Å². The molecule has 3 N–H and O–H groups in total. The van der Waals surface area contributed by atoms with E-state index in [1.807, 2.05) is 13.0 Å². The molecular formula is C18H22Cl2N2O3S. The first-order valence-electron chi connectivity index (χ1n) is 8.24. The van der Waals surface area contributed by atoms with Crippen LogP contribution in [0.5, 0.6) is 5.75 Å². The number of ether oxygens (including phenoxy) is 1. The second kappa shape index (κ2) is 9.58. The molecule has 8 heteroatoms. The normalized spacial score (nSPS) is 11.5. The highest BCUT2D eigenvalue weighted by atomic mass is 35.5. The van der Waals surface area contributed by atoms with Gasteiger partial charge in [0.25, 0.3) is 0 Å². The van der Waals surface area contributed by atoms with E-state index in [2.05, 4.69) is 5.32 Å². The molecule has 0 heterocycles. The fourth-order valence-corrected chi connectivity index (χ4v) is 3.52. The van der Waals surface area contributed by atoms with Gasteiger partial charge in [-0.2, -0.15) is 0 Å². The molecule has 0 aliphatic carbocycles. The van der Waals surface area contributed by atoms with Crippen molar-refractivity contribution in [3.05, 3.63) is 57.6 Å². The highest BCUT2D eigenvalue weighted by Crippen LogP contribution is 2.32. The number of primary sulfonamides is 1. The van der Waals surface area contributed by atoms with Crippen LogP contribution in [0.4, 0.5) is 0 Å². The first-order valence-corrected chi connectivity index (χ1v) is 10.5. The van der Waals surface area contributed by atoms with Crippen LogP contribution in [0.3, 0.4) is 0 Å². The Labute approximate surface area is 164 Å². The van der Waals surface area contributed by atoms with E-state index in [9.17, 15) is 8.42 Å². The van der Waals surface area contributed by atoms with Crippen molar-refractivity contribution in [1.29, 1.82) is 0 Å². The van der Waals surface area contributed by atoms with E-state index in [0.29, 0.717) is 35.5 Å². The van der Waals surface area contributed by atoms with E-state index in [1.54, 1.807) is 18.2 Å². The largest absolute Gasteiger partial charge is 0.492 e. The molecule has 0 bridgehead atoms. The van der Waals surface area contributed by atoms with E-state index in [0.717, 1.165) is 24.0 Å². The van der Waals surface area contributed by atoms with E-state index in [-0.39, 0.29) is 4.90 Å². The van der Waals surface area contributed by atoms with Crippen molar-refractivity contribution in [2.75, 3.05) is 13.2 Å². The number of benzene rings is 2. The maximum Gasteiger partial charge on any atom is 0.238 e. The van der Waals surface area contributed by atoms with Gasteiger partial charge in [-0.1, -0.05) is 42.3 Å². The van der Waals surface area contributed by atoms with Gasteiger partial charge in [0, 0.05) is 17.1 Å². The Hall–Kier alpha value is -1.31. The standard InChI is InChI=1S/C18H22Cl2N2O3S/c1-2-9-25-18-14(10-15(19)11-17(18)20)12-22-8-7-13-3-5-16(6-4-13)26(21,23)24/h3-6,10-11,22H,2,7-9,12H2,1H3,(H2,21,23,24). The molecule has 2 rings (SSSR count). The molecule has 0 amide bonds. The minimum Gasteiger partial charge on any atom is -0.492 e. The maximum atomic E-state index is 11.3. The second-order valence-corrected chi connectivity index (χ2v) is 8.25. The monoisotopic (exact) mass is 416 g/mol. The third kappa shape index (κ3) is 6.14. The van der Waals surface area contributed by atoms with Gasteiger partial charge in [-0.05, 0) is 49.2 Å². The highest BCUT2D eigenvalue weighted by molar-refractivity contribution is 7.89. The molecule has 0 saturated heterocycles. The molecule has 2 aromatic rings. The molecule has 142 valence electrons. The SMILES string of the molecule is CCCOc1c(Cl)cc(Cl)cc1CNCCc1ccc(S(N)(=O)=O)cc1. The van der Waals surface area contributed by atoms with Crippen molar-refractivity contribution in [2.45, 2.75) is 31.2 Å². The molecule has 0 unspecified atom stereocenters. The molecule has 0 spiro atoms. The van der Waals surface area contributed by atoms with Gasteiger partial charge >= 0.3 is 0 Å². The molecule has 0 saturated carbocycles. The lowest BCUT2D eigenvalue weighted by Gasteiger charge is -2.14. The molecule has 2 aromatic carbocycles. The number of hydrogen-bond acceptors (Lipinski definition) is 4. The molecule has 5 nitrogen and oxygen atoms in total. The number of halogens is 2. The minimum absolute atomic E-state index is 0.112. The van der Waals surface area contributed by atoms with E-state index >= 15 is 0 Å². The van der Waals surface area contributed by atoms with Gasteiger partial charge in [-0.25, -0.2) is 13.6 Å². The molecule has 0 atom stereocenters. The van der Waals surface area contributed by atoms with Crippen molar-refractivity contribution in [3.63, 3.8) is 0 Å². The van der Waals surface area contributed by atoms with Gasteiger partial charge in [0.15, 0.2) is 0 Å². The van der Waals surface area contributed by atoms with Crippen LogP contribution in [0.15, 0.2) is 41.3 Å². The fourth-order valence-electron chi connectivity index (χ4n) is 2.41. The van der Waals surface area contributed by atoms with Crippen LogP contribution in [0.1, 0.15) is 24.5 Å². The van der Waals surface area contributed by atoms with Crippen LogP contribution in [0.25, 0.3) is 0 Å². The van der Waals surface area contributed by atoms with Crippen molar-refractivity contribution in [2.24, 2.45) is 5.14 Å². The summed E-state index contributed by atoms with van der Waals surface area (Å²) in [5, 5.41) is 9.48. The van der Waals surface area contributed by atoms with Crippen LogP contribution in [0, 0.1) is 0 Å². The zero-order valence-corrected chi connectivity index (χ0v) is 16.8. The summed E-state index contributed by atoms with van der Waals surface area (Å²) in [6.45, 7) is 3.88. The topological polar surface area (TPSA) is 81.4 Å². The summed E-state index contributed by atoms with van der Waals surface area (Å²) in [6, 6.07) is 10.0. The second-order valence-electron chi connectivity index (χ2n) is 5.84. The summed E-state index contributed by atoms with van der Waals surface area (Å²) in [4.78, 5) is 0.112. The summed E-state index contributed by atoms with van der Waals surface area (Å²) in [5.41, 5.74) is 1.91. The molecule has 0 radical (unpaired) electrons. The van der Waals surface area contributed by atoms with Gasteiger partial charge in [0.05, 0.1) is 16.5 Å². The van der Waals surface area contributed by atoms with Crippen molar-refractivity contribution in [1.82, 2.24) is 5.32 Å². The third-order valence-electron chi connectivity index (χ3n) is 3.69. The Morgan fingerprint density at radius 1 is 1.15 bits per heavy atom.